The summed E-state index contributed by atoms with van der Waals surface area (Å²) in [6.07, 6.45) is 13.5. The lowest BCUT2D eigenvalue weighted by molar-refractivity contribution is -0.137. The van der Waals surface area contributed by atoms with Crippen LogP contribution >= 0.6 is 0 Å². The Morgan fingerprint density at radius 1 is 1.19 bits per heavy atom. The Morgan fingerprint density at radius 3 is 2.58 bits per heavy atom. The van der Waals surface area contributed by atoms with Gasteiger partial charge < -0.3 is 15.1 Å². The van der Waals surface area contributed by atoms with Crippen LogP contribution in [0, 0.1) is 11.8 Å². The van der Waals surface area contributed by atoms with E-state index in [1.807, 2.05) is 19.2 Å². The highest BCUT2D eigenvalue weighted by Gasteiger charge is 2.36. The maximum Gasteiger partial charge on any atom is 0.303 e. The van der Waals surface area contributed by atoms with Crippen molar-refractivity contribution < 1.29 is 19.8 Å². The summed E-state index contributed by atoms with van der Waals surface area (Å²) < 4.78 is 0. The van der Waals surface area contributed by atoms with E-state index < -0.39 is 12.1 Å². The molecule has 1 heterocycles. The molecule has 26 heavy (non-hydrogen) atoms. The minimum atomic E-state index is -0.740. The summed E-state index contributed by atoms with van der Waals surface area (Å²) in [6, 6.07) is 0. The number of aliphatic hydroxyl groups is 1. The van der Waals surface area contributed by atoms with Crippen LogP contribution in [0.5, 0.6) is 0 Å². The summed E-state index contributed by atoms with van der Waals surface area (Å²) in [5.41, 5.74) is 0. The summed E-state index contributed by atoms with van der Waals surface area (Å²) in [5, 5.41) is 18.8. The standard InChI is InChI=1S/C21H37NO4/c1-3-4-5-8-11-18(23)15-14-17-16-22(2)21(26)19(17)12-9-6-7-10-13-20(24)25/h14-15,17-19,23H,3-13,16H2,1-2H3,(H,24,25). The smallest absolute Gasteiger partial charge is 0.303 e. The number of unbranched alkanes of at least 4 members (excludes halogenated alkanes) is 6. The van der Waals surface area contributed by atoms with Crippen LogP contribution in [0.1, 0.15) is 77.6 Å². The highest BCUT2D eigenvalue weighted by atomic mass is 16.4. The van der Waals surface area contributed by atoms with Crippen LogP contribution in [-0.4, -0.2) is 46.7 Å². The SMILES string of the molecule is CCCCCCC(O)C=CC1CN(C)C(=O)C1CCCCCCC(=O)O. The molecule has 0 aromatic rings. The number of nitrogens with zero attached hydrogens (tertiary/aromatic N) is 1. The lowest BCUT2D eigenvalue weighted by Crippen LogP contribution is -2.22. The molecule has 1 saturated heterocycles. The average Bonchev–Trinajstić information content (AvgIpc) is 2.87. The molecule has 0 radical (unpaired) electrons. The van der Waals surface area contributed by atoms with Gasteiger partial charge in [0.15, 0.2) is 0 Å². The highest BCUT2D eigenvalue weighted by Crippen LogP contribution is 2.30. The molecule has 0 bridgehead atoms. The summed E-state index contributed by atoms with van der Waals surface area (Å²) >= 11 is 0. The Bertz CT molecular complexity index is 449. The van der Waals surface area contributed by atoms with E-state index in [0.717, 1.165) is 51.5 Å². The quantitative estimate of drug-likeness (QED) is 0.359. The van der Waals surface area contributed by atoms with E-state index in [0.29, 0.717) is 6.42 Å². The van der Waals surface area contributed by atoms with Crippen molar-refractivity contribution in [1.29, 1.82) is 0 Å². The molecule has 0 aromatic heterocycles. The van der Waals surface area contributed by atoms with Gasteiger partial charge >= 0.3 is 5.97 Å². The second-order valence-corrected chi connectivity index (χ2v) is 7.64. The summed E-state index contributed by atoms with van der Waals surface area (Å²) in [4.78, 5) is 24.7. The molecule has 1 rings (SSSR count). The second-order valence-electron chi connectivity index (χ2n) is 7.64. The van der Waals surface area contributed by atoms with Crippen LogP contribution in [0.4, 0.5) is 0 Å². The normalized spacial score (nSPS) is 21.7. The van der Waals surface area contributed by atoms with Crippen LogP contribution in [0.15, 0.2) is 12.2 Å². The van der Waals surface area contributed by atoms with E-state index in [1.54, 1.807) is 4.90 Å². The van der Waals surface area contributed by atoms with Gasteiger partial charge in [-0.25, -0.2) is 0 Å². The van der Waals surface area contributed by atoms with Crippen molar-refractivity contribution in [2.24, 2.45) is 11.8 Å². The third-order valence-corrected chi connectivity index (χ3v) is 5.28. The fourth-order valence-electron chi connectivity index (χ4n) is 3.67. The Balaban J connectivity index is 2.36. The molecule has 3 atom stereocenters. The number of carbonyl (C=O) groups is 2. The first kappa shape index (κ1) is 22.7. The van der Waals surface area contributed by atoms with Gasteiger partial charge in [0.05, 0.1) is 6.10 Å². The van der Waals surface area contributed by atoms with Crippen LogP contribution < -0.4 is 0 Å². The van der Waals surface area contributed by atoms with Crippen molar-refractivity contribution in [1.82, 2.24) is 4.90 Å². The van der Waals surface area contributed by atoms with Crippen molar-refractivity contribution in [3.05, 3.63) is 12.2 Å². The van der Waals surface area contributed by atoms with Gasteiger partial charge in [-0.1, -0.05) is 64.0 Å². The number of carbonyl (C=O) groups excluding carboxylic acids is 1. The van der Waals surface area contributed by atoms with Gasteiger partial charge in [0.25, 0.3) is 0 Å². The fraction of sp³-hybridized carbons (Fsp3) is 0.810. The van der Waals surface area contributed by atoms with E-state index in [-0.39, 0.29) is 24.2 Å². The zero-order chi connectivity index (χ0) is 19.4. The van der Waals surface area contributed by atoms with Crippen molar-refractivity contribution >= 4 is 11.9 Å². The number of likely N-dealkylation sites (tertiary alicyclic amines) is 1. The Hall–Kier alpha value is -1.36. The van der Waals surface area contributed by atoms with Crippen molar-refractivity contribution in [3.8, 4) is 0 Å². The second kappa shape index (κ2) is 12.9. The number of hydrogen-bond acceptors (Lipinski definition) is 3. The molecule has 1 aliphatic rings. The molecule has 0 aromatic carbocycles. The molecule has 150 valence electrons. The van der Waals surface area contributed by atoms with E-state index in [2.05, 4.69) is 6.92 Å². The average molecular weight is 368 g/mol. The van der Waals surface area contributed by atoms with E-state index in [4.69, 9.17) is 5.11 Å². The van der Waals surface area contributed by atoms with E-state index in [9.17, 15) is 14.7 Å². The largest absolute Gasteiger partial charge is 0.481 e. The van der Waals surface area contributed by atoms with Gasteiger partial charge in [0, 0.05) is 31.8 Å². The first-order chi connectivity index (χ1) is 12.5. The number of aliphatic hydroxyl groups excluding tert-OH is 1. The fourth-order valence-corrected chi connectivity index (χ4v) is 3.67. The highest BCUT2D eigenvalue weighted by molar-refractivity contribution is 5.81. The van der Waals surface area contributed by atoms with Crippen molar-refractivity contribution in [2.75, 3.05) is 13.6 Å². The topological polar surface area (TPSA) is 77.8 Å². The Morgan fingerprint density at radius 2 is 1.88 bits per heavy atom. The first-order valence-corrected chi connectivity index (χ1v) is 10.3. The lowest BCUT2D eigenvalue weighted by atomic mass is 9.89. The van der Waals surface area contributed by atoms with Crippen molar-refractivity contribution in [3.63, 3.8) is 0 Å². The van der Waals surface area contributed by atoms with Crippen LogP contribution in [0.25, 0.3) is 0 Å². The monoisotopic (exact) mass is 367 g/mol. The minimum Gasteiger partial charge on any atom is -0.481 e. The molecule has 1 amide bonds. The molecule has 1 fully saturated rings. The lowest BCUT2D eigenvalue weighted by Gasteiger charge is -2.14. The molecule has 2 N–H and O–H groups in total. The predicted octanol–water partition coefficient (Wildman–Crippen LogP) is 4.00. The maximum atomic E-state index is 12.4. The number of hydrogen-bond donors (Lipinski definition) is 2. The van der Waals surface area contributed by atoms with E-state index in [1.165, 1.54) is 12.8 Å². The third-order valence-electron chi connectivity index (χ3n) is 5.28. The number of aliphatic carboxylic acids is 1. The van der Waals surface area contributed by atoms with Gasteiger partial charge in [0.1, 0.15) is 0 Å². The van der Waals surface area contributed by atoms with Crippen molar-refractivity contribution in [2.45, 2.75) is 83.7 Å². The molecule has 1 aliphatic heterocycles. The first-order valence-electron chi connectivity index (χ1n) is 10.3. The van der Waals surface area contributed by atoms with Crippen LogP contribution in [0.2, 0.25) is 0 Å². The Labute approximate surface area is 158 Å². The molecule has 0 spiro atoms. The molecule has 5 heteroatoms. The van der Waals surface area contributed by atoms with E-state index >= 15 is 0 Å². The zero-order valence-electron chi connectivity index (χ0n) is 16.5. The molecule has 5 nitrogen and oxygen atoms in total. The van der Waals surface area contributed by atoms with Crippen LogP contribution in [-0.2, 0) is 9.59 Å². The minimum absolute atomic E-state index is 0.00279. The third kappa shape index (κ3) is 8.84. The number of rotatable bonds is 14. The van der Waals surface area contributed by atoms with Gasteiger partial charge in [-0.2, -0.15) is 0 Å². The zero-order valence-corrected chi connectivity index (χ0v) is 16.5. The summed E-state index contributed by atoms with van der Waals surface area (Å²) in [6.45, 7) is 2.90. The molecule has 0 aliphatic carbocycles. The van der Waals surface area contributed by atoms with Crippen LogP contribution in [0.3, 0.4) is 0 Å². The number of carboxylic acid groups (broad SMARTS) is 1. The van der Waals surface area contributed by atoms with Gasteiger partial charge in [-0.3, -0.25) is 9.59 Å². The Kier molecular flexibility index (Phi) is 11.3. The molecule has 3 unspecified atom stereocenters. The summed E-state index contributed by atoms with van der Waals surface area (Å²) in [5.74, 6) is -0.363. The molecular weight excluding hydrogens is 330 g/mol. The molecule has 0 saturated carbocycles. The number of carboxylic acids is 1. The predicted molar refractivity (Wildman–Crippen MR) is 104 cm³/mol. The van der Waals surface area contributed by atoms with Gasteiger partial charge in [0.2, 0.25) is 5.91 Å². The van der Waals surface area contributed by atoms with Gasteiger partial charge in [-0.05, 0) is 19.3 Å². The van der Waals surface area contributed by atoms with Gasteiger partial charge in [-0.15, -0.1) is 0 Å². The summed E-state index contributed by atoms with van der Waals surface area (Å²) in [7, 11) is 1.84. The molecular formula is C21H37NO4. The number of amides is 1. The maximum absolute atomic E-state index is 12.4.